The third-order valence-electron chi connectivity index (χ3n) is 3.37. The molecule has 1 heterocycles. The van der Waals surface area contributed by atoms with E-state index in [9.17, 15) is 4.79 Å². The molecule has 0 atom stereocenters. The largest absolute Gasteiger partial charge is 0.492 e. The number of rotatable bonds is 3. The molecule has 0 bridgehead atoms. The Kier molecular flexibility index (Phi) is 3.19. The lowest BCUT2D eigenvalue weighted by molar-refractivity contribution is -0.116. The van der Waals surface area contributed by atoms with Crippen molar-refractivity contribution in [3.63, 3.8) is 0 Å². The van der Waals surface area contributed by atoms with Crippen LogP contribution < -0.4 is 15.4 Å². The van der Waals surface area contributed by atoms with E-state index in [-0.39, 0.29) is 5.91 Å². The number of carbonyl (C=O) groups is 1. The fraction of sp³-hybridized carbons (Fsp3) is 0.500. The van der Waals surface area contributed by atoms with Gasteiger partial charge in [0.05, 0.1) is 0 Å². The highest BCUT2D eigenvalue weighted by Crippen LogP contribution is 2.32. The zero-order chi connectivity index (χ0) is 12.4. The summed E-state index contributed by atoms with van der Waals surface area (Å²) < 4.78 is 5.61. The maximum absolute atomic E-state index is 11.7. The normalized spacial score (nSPS) is 18.4. The first-order chi connectivity index (χ1) is 8.81. The Labute approximate surface area is 107 Å². The number of anilines is 1. The Morgan fingerprint density at radius 2 is 2.33 bits per heavy atom. The molecule has 2 N–H and O–H groups in total. The average Bonchev–Trinajstić information content (AvgIpc) is 3.15. The molecule has 0 aromatic heterocycles. The molecule has 0 saturated heterocycles. The van der Waals surface area contributed by atoms with Crippen LogP contribution in [0.25, 0.3) is 0 Å². The van der Waals surface area contributed by atoms with Gasteiger partial charge in [0, 0.05) is 30.8 Å². The molecule has 2 aliphatic rings. The van der Waals surface area contributed by atoms with Gasteiger partial charge in [0.1, 0.15) is 12.4 Å². The summed E-state index contributed by atoms with van der Waals surface area (Å²) in [5.74, 6) is 1.66. The summed E-state index contributed by atoms with van der Waals surface area (Å²) in [6.07, 6.45) is 3.07. The van der Waals surface area contributed by atoms with Gasteiger partial charge in [-0.15, -0.1) is 0 Å². The highest BCUT2D eigenvalue weighted by molar-refractivity contribution is 5.91. The molecule has 1 aromatic rings. The van der Waals surface area contributed by atoms with Crippen molar-refractivity contribution in [1.82, 2.24) is 5.32 Å². The number of hydrogen-bond donors (Lipinski definition) is 2. The predicted molar refractivity (Wildman–Crippen MR) is 69.6 cm³/mol. The molecule has 0 spiro atoms. The van der Waals surface area contributed by atoms with Crippen LogP contribution in [0.5, 0.6) is 5.75 Å². The number of ether oxygens (including phenoxy) is 1. The van der Waals surface area contributed by atoms with E-state index < -0.39 is 0 Å². The van der Waals surface area contributed by atoms with E-state index in [2.05, 4.69) is 10.6 Å². The van der Waals surface area contributed by atoms with E-state index in [0.29, 0.717) is 18.9 Å². The summed E-state index contributed by atoms with van der Waals surface area (Å²) >= 11 is 0. The molecule has 18 heavy (non-hydrogen) atoms. The lowest BCUT2D eigenvalue weighted by atomic mass is 10.1. The van der Waals surface area contributed by atoms with Crippen LogP contribution in [0, 0.1) is 5.92 Å². The molecule has 3 rings (SSSR count). The number of fused-ring (bicyclic) bond motifs is 1. The second-order valence-electron chi connectivity index (χ2n) is 5.04. The van der Waals surface area contributed by atoms with E-state index >= 15 is 0 Å². The summed E-state index contributed by atoms with van der Waals surface area (Å²) in [7, 11) is 0. The van der Waals surface area contributed by atoms with Gasteiger partial charge in [0.25, 0.3) is 0 Å². The van der Waals surface area contributed by atoms with Crippen LogP contribution in [0.3, 0.4) is 0 Å². The van der Waals surface area contributed by atoms with Crippen LogP contribution in [0.4, 0.5) is 5.69 Å². The SMILES string of the molecule is O=C(CC1CC1)Nc1ccc2c(c1)CNCCO2. The fourth-order valence-corrected chi connectivity index (χ4v) is 2.19. The van der Waals surface area contributed by atoms with Gasteiger partial charge < -0.3 is 15.4 Å². The van der Waals surface area contributed by atoms with Crippen molar-refractivity contribution in [2.75, 3.05) is 18.5 Å². The Morgan fingerprint density at radius 1 is 1.44 bits per heavy atom. The number of carbonyl (C=O) groups excluding carboxylic acids is 1. The second-order valence-corrected chi connectivity index (χ2v) is 5.04. The van der Waals surface area contributed by atoms with Crippen LogP contribution in [0.1, 0.15) is 24.8 Å². The molecule has 0 radical (unpaired) electrons. The number of amides is 1. The molecule has 1 aliphatic carbocycles. The third-order valence-corrected chi connectivity index (χ3v) is 3.37. The van der Waals surface area contributed by atoms with Crippen molar-refractivity contribution in [2.24, 2.45) is 5.92 Å². The van der Waals surface area contributed by atoms with Crippen molar-refractivity contribution in [3.05, 3.63) is 23.8 Å². The van der Waals surface area contributed by atoms with Crippen LogP contribution in [0.2, 0.25) is 0 Å². The molecule has 96 valence electrons. The summed E-state index contributed by atoms with van der Waals surface area (Å²) in [5.41, 5.74) is 1.98. The summed E-state index contributed by atoms with van der Waals surface area (Å²) in [6.45, 7) is 2.35. The topological polar surface area (TPSA) is 50.4 Å². The van der Waals surface area contributed by atoms with E-state index in [1.165, 1.54) is 12.8 Å². The Balaban J connectivity index is 1.68. The van der Waals surface area contributed by atoms with Crippen molar-refractivity contribution >= 4 is 11.6 Å². The molecule has 0 unspecified atom stereocenters. The molecule has 1 fully saturated rings. The smallest absolute Gasteiger partial charge is 0.224 e. The number of nitrogens with one attached hydrogen (secondary N) is 2. The van der Waals surface area contributed by atoms with Crippen LogP contribution in [-0.4, -0.2) is 19.1 Å². The maximum Gasteiger partial charge on any atom is 0.224 e. The summed E-state index contributed by atoms with van der Waals surface area (Å²) in [6, 6.07) is 5.85. The van der Waals surface area contributed by atoms with E-state index in [1.54, 1.807) is 0 Å². The monoisotopic (exact) mass is 246 g/mol. The van der Waals surface area contributed by atoms with Gasteiger partial charge in [0.2, 0.25) is 5.91 Å². The van der Waals surface area contributed by atoms with E-state index in [0.717, 1.165) is 30.1 Å². The maximum atomic E-state index is 11.7. The van der Waals surface area contributed by atoms with Crippen molar-refractivity contribution < 1.29 is 9.53 Å². The van der Waals surface area contributed by atoms with E-state index in [1.807, 2.05) is 18.2 Å². The summed E-state index contributed by atoms with van der Waals surface area (Å²) in [5, 5.41) is 6.25. The average molecular weight is 246 g/mol. The van der Waals surface area contributed by atoms with Crippen LogP contribution in [0.15, 0.2) is 18.2 Å². The first kappa shape index (κ1) is 11.5. The zero-order valence-electron chi connectivity index (χ0n) is 10.4. The molecular formula is C14H18N2O2. The second kappa shape index (κ2) is 4.98. The zero-order valence-corrected chi connectivity index (χ0v) is 10.4. The van der Waals surface area contributed by atoms with E-state index in [4.69, 9.17) is 4.74 Å². The van der Waals surface area contributed by atoms with Gasteiger partial charge in [-0.25, -0.2) is 0 Å². The molecule has 1 amide bonds. The number of benzene rings is 1. The Bertz CT molecular complexity index is 455. The van der Waals surface area contributed by atoms with Crippen molar-refractivity contribution in [2.45, 2.75) is 25.8 Å². The number of hydrogen-bond acceptors (Lipinski definition) is 3. The Hall–Kier alpha value is -1.55. The van der Waals surface area contributed by atoms with Gasteiger partial charge >= 0.3 is 0 Å². The molecule has 1 aliphatic heterocycles. The lowest BCUT2D eigenvalue weighted by Gasteiger charge is -2.10. The molecule has 1 aromatic carbocycles. The molecular weight excluding hydrogens is 228 g/mol. The van der Waals surface area contributed by atoms with Gasteiger partial charge in [0.15, 0.2) is 0 Å². The van der Waals surface area contributed by atoms with Gasteiger partial charge in [-0.05, 0) is 37.0 Å². The highest BCUT2D eigenvalue weighted by Gasteiger charge is 2.24. The third kappa shape index (κ3) is 2.82. The van der Waals surface area contributed by atoms with Gasteiger partial charge in [-0.2, -0.15) is 0 Å². The summed E-state index contributed by atoms with van der Waals surface area (Å²) in [4.78, 5) is 11.7. The first-order valence-corrected chi connectivity index (χ1v) is 6.57. The predicted octanol–water partition coefficient (Wildman–Crippen LogP) is 1.91. The standard InChI is InChI=1S/C14H18N2O2/c17-14(7-10-1-2-10)16-12-3-4-13-11(8-12)9-15-5-6-18-13/h3-4,8,10,15H,1-2,5-7,9H2,(H,16,17). The van der Waals surface area contributed by atoms with Crippen LogP contribution >= 0.6 is 0 Å². The quantitative estimate of drug-likeness (QED) is 0.856. The minimum Gasteiger partial charge on any atom is -0.492 e. The minimum absolute atomic E-state index is 0.125. The molecule has 1 saturated carbocycles. The van der Waals surface area contributed by atoms with Gasteiger partial charge in [-0.1, -0.05) is 0 Å². The van der Waals surface area contributed by atoms with Crippen molar-refractivity contribution in [3.8, 4) is 5.75 Å². The Morgan fingerprint density at radius 3 is 3.17 bits per heavy atom. The lowest BCUT2D eigenvalue weighted by Crippen LogP contribution is -2.16. The molecule has 4 heteroatoms. The highest BCUT2D eigenvalue weighted by atomic mass is 16.5. The molecule has 4 nitrogen and oxygen atoms in total. The minimum atomic E-state index is 0.125. The van der Waals surface area contributed by atoms with Crippen molar-refractivity contribution in [1.29, 1.82) is 0 Å². The first-order valence-electron chi connectivity index (χ1n) is 6.57. The fourth-order valence-electron chi connectivity index (χ4n) is 2.19. The van der Waals surface area contributed by atoms with Gasteiger partial charge in [-0.3, -0.25) is 4.79 Å². The van der Waals surface area contributed by atoms with Crippen LogP contribution in [-0.2, 0) is 11.3 Å².